The van der Waals surface area contributed by atoms with Gasteiger partial charge < -0.3 is 10.7 Å². The quantitative estimate of drug-likeness (QED) is 0.759. The zero-order valence-corrected chi connectivity index (χ0v) is 13.3. The van der Waals surface area contributed by atoms with Gasteiger partial charge in [0, 0.05) is 9.92 Å². The molecule has 21 heavy (non-hydrogen) atoms. The first kappa shape index (κ1) is 14.4. The Labute approximate surface area is 132 Å². The van der Waals surface area contributed by atoms with Crippen LogP contribution >= 0.6 is 23.4 Å². The van der Waals surface area contributed by atoms with E-state index in [2.05, 4.69) is 29.0 Å². The van der Waals surface area contributed by atoms with Crippen molar-refractivity contribution >= 4 is 34.4 Å². The van der Waals surface area contributed by atoms with Crippen LogP contribution in [0.5, 0.6) is 0 Å². The SMILES string of the molecule is Cc1ccc2nc(Sc3ccc(Cl)cc3CCN)[nH]c2c1. The zero-order chi connectivity index (χ0) is 14.8. The number of nitrogens with two attached hydrogens (primary N) is 1. The summed E-state index contributed by atoms with van der Waals surface area (Å²) in [6, 6.07) is 12.1. The number of hydrogen-bond donors (Lipinski definition) is 2. The van der Waals surface area contributed by atoms with Gasteiger partial charge in [0.15, 0.2) is 5.16 Å². The minimum Gasteiger partial charge on any atom is -0.333 e. The van der Waals surface area contributed by atoms with Gasteiger partial charge in [-0.3, -0.25) is 0 Å². The Morgan fingerprint density at radius 2 is 2.10 bits per heavy atom. The zero-order valence-electron chi connectivity index (χ0n) is 11.7. The lowest BCUT2D eigenvalue weighted by Gasteiger charge is -2.07. The minimum absolute atomic E-state index is 0.604. The maximum atomic E-state index is 6.06. The number of halogens is 1. The molecule has 0 atom stereocenters. The maximum Gasteiger partial charge on any atom is 0.171 e. The summed E-state index contributed by atoms with van der Waals surface area (Å²) in [6.07, 6.45) is 0.808. The van der Waals surface area contributed by atoms with Gasteiger partial charge in [0.1, 0.15) is 0 Å². The van der Waals surface area contributed by atoms with Crippen LogP contribution in [-0.2, 0) is 6.42 Å². The standard InChI is InChI=1S/C16H16ClN3S/c1-10-2-4-13-14(8-10)20-16(19-13)21-15-5-3-12(17)9-11(15)6-7-18/h2-5,8-9H,6-7,18H2,1H3,(H,19,20). The highest BCUT2D eigenvalue weighted by Crippen LogP contribution is 2.31. The van der Waals surface area contributed by atoms with E-state index >= 15 is 0 Å². The second-order valence-corrected chi connectivity index (χ2v) is 6.42. The first-order valence-electron chi connectivity index (χ1n) is 6.78. The number of H-pyrrole nitrogens is 1. The van der Waals surface area contributed by atoms with Crippen molar-refractivity contribution in [2.24, 2.45) is 5.73 Å². The molecule has 0 saturated heterocycles. The second kappa shape index (κ2) is 6.10. The van der Waals surface area contributed by atoms with E-state index < -0.39 is 0 Å². The molecule has 0 radical (unpaired) electrons. The number of nitrogens with one attached hydrogen (secondary N) is 1. The van der Waals surface area contributed by atoms with Gasteiger partial charge in [-0.25, -0.2) is 4.98 Å². The van der Waals surface area contributed by atoms with Crippen molar-refractivity contribution in [2.45, 2.75) is 23.4 Å². The largest absolute Gasteiger partial charge is 0.333 e. The van der Waals surface area contributed by atoms with Gasteiger partial charge in [-0.2, -0.15) is 0 Å². The predicted molar refractivity (Wildman–Crippen MR) is 89.2 cm³/mol. The lowest BCUT2D eigenvalue weighted by Crippen LogP contribution is -2.03. The van der Waals surface area contributed by atoms with Gasteiger partial charge in [0.2, 0.25) is 0 Å². The summed E-state index contributed by atoms with van der Waals surface area (Å²) in [5.74, 6) is 0. The smallest absolute Gasteiger partial charge is 0.171 e. The number of hydrogen-bond acceptors (Lipinski definition) is 3. The number of aryl methyl sites for hydroxylation is 1. The van der Waals surface area contributed by atoms with Crippen LogP contribution < -0.4 is 5.73 Å². The van der Waals surface area contributed by atoms with Crippen LogP contribution in [0.15, 0.2) is 46.5 Å². The van der Waals surface area contributed by atoms with Crippen molar-refractivity contribution in [3.63, 3.8) is 0 Å². The van der Waals surface area contributed by atoms with E-state index in [0.29, 0.717) is 6.54 Å². The van der Waals surface area contributed by atoms with Crippen molar-refractivity contribution in [2.75, 3.05) is 6.54 Å². The minimum atomic E-state index is 0.604. The molecule has 1 aromatic heterocycles. The van der Waals surface area contributed by atoms with E-state index in [4.69, 9.17) is 17.3 Å². The molecule has 0 aliphatic rings. The molecule has 0 aliphatic heterocycles. The lowest BCUT2D eigenvalue weighted by molar-refractivity contribution is 0.942. The van der Waals surface area contributed by atoms with Crippen LogP contribution in [0.4, 0.5) is 0 Å². The molecule has 0 spiro atoms. The normalized spacial score (nSPS) is 11.2. The fourth-order valence-corrected chi connectivity index (χ4v) is 3.39. The van der Waals surface area contributed by atoms with Gasteiger partial charge in [-0.15, -0.1) is 0 Å². The molecule has 3 N–H and O–H groups in total. The fourth-order valence-electron chi connectivity index (χ4n) is 2.25. The van der Waals surface area contributed by atoms with Crippen molar-refractivity contribution in [3.8, 4) is 0 Å². The summed E-state index contributed by atoms with van der Waals surface area (Å²) >= 11 is 7.68. The van der Waals surface area contributed by atoms with E-state index in [0.717, 1.165) is 38.1 Å². The highest BCUT2D eigenvalue weighted by molar-refractivity contribution is 7.99. The van der Waals surface area contributed by atoms with Crippen LogP contribution in [0.2, 0.25) is 5.02 Å². The van der Waals surface area contributed by atoms with E-state index in [1.807, 2.05) is 24.3 Å². The molecule has 0 saturated carbocycles. The summed E-state index contributed by atoms with van der Waals surface area (Å²) in [5.41, 5.74) is 10.1. The van der Waals surface area contributed by atoms with Crippen molar-refractivity contribution < 1.29 is 0 Å². The molecule has 0 fully saturated rings. The number of nitrogens with zero attached hydrogens (tertiary/aromatic N) is 1. The number of fused-ring (bicyclic) bond motifs is 1. The molecular weight excluding hydrogens is 302 g/mol. The topological polar surface area (TPSA) is 54.7 Å². The van der Waals surface area contributed by atoms with E-state index in [-0.39, 0.29) is 0 Å². The Hall–Kier alpha value is -1.49. The monoisotopic (exact) mass is 317 g/mol. The molecule has 3 rings (SSSR count). The number of aromatic nitrogens is 2. The molecule has 3 nitrogen and oxygen atoms in total. The molecule has 0 aliphatic carbocycles. The van der Waals surface area contributed by atoms with E-state index in [1.54, 1.807) is 11.8 Å². The van der Waals surface area contributed by atoms with Crippen LogP contribution in [0.25, 0.3) is 11.0 Å². The first-order chi connectivity index (χ1) is 10.2. The van der Waals surface area contributed by atoms with E-state index in [9.17, 15) is 0 Å². The summed E-state index contributed by atoms with van der Waals surface area (Å²) in [6.45, 7) is 2.68. The number of aromatic amines is 1. The molecule has 1 heterocycles. The summed E-state index contributed by atoms with van der Waals surface area (Å²) in [5, 5.41) is 1.62. The first-order valence-corrected chi connectivity index (χ1v) is 7.98. The Bertz CT molecular complexity index is 782. The third-order valence-electron chi connectivity index (χ3n) is 3.26. The van der Waals surface area contributed by atoms with Gasteiger partial charge in [-0.1, -0.05) is 29.4 Å². The Balaban J connectivity index is 1.94. The molecule has 5 heteroatoms. The van der Waals surface area contributed by atoms with Crippen LogP contribution in [0.1, 0.15) is 11.1 Å². The highest BCUT2D eigenvalue weighted by Gasteiger charge is 2.09. The molecule has 0 bridgehead atoms. The van der Waals surface area contributed by atoms with Gasteiger partial charge in [-0.05, 0) is 61.3 Å². The number of benzene rings is 2. The number of rotatable bonds is 4. The molecule has 0 amide bonds. The predicted octanol–water partition coefficient (Wildman–Crippen LogP) is 4.18. The van der Waals surface area contributed by atoms with Gasteiger partial charge in [0.05, 0.1) is 11.0 Å². The molecule has 108 valence electrons. The molecule has 0 unspecified atom stereocenters. The fraction of sp³-hybridized carbons (Fsp3) is 0.188. The third kappa shape index (κ3) is 3.23. The van der Waals surface area contributed by atoms with Crippen LogP contribution in [-0.4, -0.2) is 16.5 Å². The average Bonchev–Trinajstić information content (AvgIpc) is 2.83. The van der Waals surface area contributed by atoms with Crippen molar-refractivity contribution in [3.05, 3.63) is 52.5 Å². The van der Waals surface area contributed by atoms with Crippen LogP contribution in [0, 0.1) is 6.92 Å². The maximum absolute atomic E-state index is 6.06. The highest BCUT2D eigenvalue weighted by atomic mass is 35.5. The van der Waals surface area contributed by atoms with Crippen molar-refractivity contribution in [1.29, 1.82) is 0 Å². The molecule has 3 aromatic rings. The lowest BCUT2D eigenvalue weighted by atomic mass is 10.1. The number of imidazole rings is 1. The van der Waals surface area contributed by atoms with Gasteiger partial charge >= 0.3 is 0 Å². The third-order valence-corrected chi connectivity index (χ3v) is 4.50. The van der Waals surface area contributed by atoms with Gasteiger partial charge in [0.25, 0.3) is 0 Å². The average molecular weight is 318 g/mol. The van der Waals surface area contributed by atoms with E-state index in [1.165, 1.54) is 5.56 Å². The molecule has 2 aromatic carbocycles. The summed E-state index contributed by atoms with van der Waals surface area (Å²) in [7, 11) is 0. The van der Waals surface area contributed by atoms with Crippen molar-refractivity contribution in [1.82, 2.24) is 9.97 Å². The summed E-state index contributed by atoms with van der Waals surface area (Å²) < 4.78 is 0. The Morgan fingerprint density at radius 3 is 2.90 bits per heavy atom. The second-order valence-electron chi connectivity index (χ2n) is 4.96. The van der Waals surface area contributed by atoms with Crippen LogP contribution in [0.3, 0.4) is 0 Å². The summed E-state index contributed by atoms with van der Waals surface area (Å²) in [4.78, 5) is 9.11. The Kier molecular flexibility index (Phi) is 4.19. The molecular formula is C16H16ClN3S. The Morgan fingerprint density at radius 1 is 1.24 bits per heavy atom.